The number of fused-ring (bicyclic) bond motifs is 2. The summed E-state index contributed by atoms with van der Waals surface area (Å²) in [5.41, 5.74) is 2.41. The number of hydrogen-bond donors (Lipinski definition) is 2. The Kier molecular flexibility index (Phi) is 4.09. The van der Waals surface area contributed by atoms with Crippen LogP contribution < -0.4 is 15.4 Å². The zero-order valence-corrected chi connectivity index (χ0v) is 13.8. The number of anilines is 1. The highest BCUT2D eigenvalue weighted by Gasteiger charge is 2.19. The van der Waals surface area contributed by atoms with Gasteiger partial charge in [-0.1, -0.05) is 54.6 Å². The Morgan fingerprint density at radius 2 is 1.83 bits per heavy atom. The molecule has 3 nitrogen and oxygen atoms in total. The third-order valence-corrected chi connectivity index (χ3v) is 4.64. The lowest BCUT2D eigenvalue weighted by Crippen LogP contribution is -2.40. The molecule has 1 aliphatic heterocycles. The van der Waals surface area contributed by atoms with E-state index in [0.29, 0.717) is 0 Å². The summed E-state index contributed by atoms with van der Waals surface area (Å²) in [6.45, 7) is 3.85. The van der Waals surface area contributed by atoms with Crippen LogP contribution in [0.4, 0.5) is 5.69 Å². The van der Waals surface area contributed by atoms with Gasteiger partial charge in [0.1, 0.15) is 11.9 Å². The summed E-state index contributed by atoms with van der Waals surface area (Å²) in [5.74, 6) is 0.938. The predicted octanol–water partition coefficient (Wildman–Crippen LogP) is 4.36. The molecule has 0 saturated heterocycles. The molecule has 0 bridgehead atoms. The van der Waals surface area contributed by atoms with Crippen LogP contribution in [-0.2, 0) is 0 Å². The topological polar surface area (TPSA) is 33.3 Å². The van der Waals surface area contributed by atoms with Crippen LogP contribution in [-0.4, -0.2) is 19.2 Å². The van der Waals surface area contributed by atoms with Gasteiger partial charge in [0.25, 0.3) is 0 Å². The van der Waals surface area contributed by atoms with Crippen LogP contribution in [0, 0.1) is 0 Å². The molecule has 3 aromatic carbocycles. The van der Waals surface area contributed by atoms with Crippen molar-refractivity contribution in [3.63, 3.8) is 0 Å². The smallest absolute Gasteiger partial charge is 0.142 e. The van der Waals surface area contributed by atoms with Crippen molar-refractivity contribution in [3.05, 3.63) is 72.3 Å². The van der Waals surface area contributed by atoms with Gasteiger partial charge in [0.05, 0.1) is 12.2 Å². The van der Waals surface area contributed by atoms with Crippen molar-refractivity contribution in [2.75, 3.05) is 18.4 Å². The summed E-state index contributed by atoms with van der Waals surface area (Å²) in [6, 6.07) is 23.4. The largest absolute Gasteiger partial charge is 0.485 e. The van der Waals surface area contributed by atoms with Crippen LogP contribution in [0.25, 0.3) is 10.8 Å². The molecule has 1 aliphatic rings. The Hall–Kier alpha value is -2.52. The van der Waals surface area contributed by atoms with Crippen molar-refractivity contribution in [3.8, 4) is 5.75 Å². The molecule has 0 spiro atoms. The highest BCUT2D eigenvalue weighted by atomic mass is 16.5. The van der Waals surface area contributed by atoms with Gasteiger partial charge in [-0.05, 0) is 35.4 Å². The molecule has 0 saturated carbocycles. The molecular weight excluding hydrogens is 296 g/mol. The zero-order valence-electron chi connectivity index (χ0n) is 13.8. The second kappa shape index (κ2) is 6.54. The molecule has 0 fully saturated rings. The molecule has 3 heteroatoms. The standard InChI is InChI=1S/C21H22N2O/c1-15(18-10-6-8-16-7-2-3-9-19(16)18)22-13-17-14-23-20-11-4-5-12-21(20)24-17/h2-12,15,17,22-23H,13-14H2,1H3. The highest BCUT2D eigenvalue weighted by Crippen LogP contribution is 2.28. The summed E-state index contributed by atoms with van der Waals surface area (Å²) in [5, 5.41) is 9.67. The lowest BCUT2D eigenvalue weighted by Gasteiger charge is -2.28. The van der Waals surface area contributed by atoms with Crippen molar-refractivity contribution >= 4 is 16.5 Å². The molecule has 1 heterocycles. The maximum Gasteiger partial charge on any atom is 0.142 e. The van der Waals surface area contributed by atoms with E-state index < -0.39 is 0 Å². The summed E-state index contributed by atoms with van der Waals surface area (Å²) < 4.78 is 6.08. The Labute approximate surface area is 142 Å². The van der Waals surface area contributed by atoms with Crippen LogP contribution >= 0.6 is 0 Å². The van der Waals surface area contributed by atoms with Crippen LogP contribution in [0.5, 0.6) is 5.75 Å². The maximum atomic E-state index is 6.08. The predicted molar refractivity (Wildman–Crippen MR) is 99.7 cm³/mol. The van der Waals surface area contributed by atoms with E-state index in [9.17, 15) is 0 Å². The lowest BCUT2D eigenvalue weighted by molar-refractivity contribution is 0.198. The molecule has 0 amide bonds. The van der Waals surface area contributed by atoms with Gasteiger partial charge in [-0.25, -0.2) is 0 Å². The van der Waals surface area contributed by atoms with Gasteiger partial charge in [-0.15, -0.1) is 0 Å². The first-order valence-corrected chi connectivity index (χ1v) is 8.52. The monoisotopic (exact) mass is 318 g/mol. The van der Waals surface area contributed by atoms with Crippen LogP contribution in [0.15, 0.2) is 66.7 Å². The van der Waals surface area contributed by atoms with Crippen molar-refractivity contribution in [2.24, 2.45) is 0 Å². The molecule has 2 unspecified atom stereocenters. The van der Waals surface area contributed by atoms with Crippen LogP contribution in [0.2, 0.25) is 0 Å². The molecule has 0 radical (unpaired) electrons. The number of nitrogens with one attached hydrogen (secondary N) is 2. The second-order valence-corrected chi connectivity index (χ2v) is 6.32. The number of ether oxygens (including phenoxy) is 1. The molecule has 122 valence electrons. The molecule has 4 rings (SSSR count). The SMILES string of the molecule is CC(NCC1CNc2ccccc2O1)c1cccc2ccccc12. The first-order valence-electron chi connectivity index (χ1n) is 8.52. The average Bonchev–Trinajstić information content (AvgIpc) is 2.65. The number of rotatable bonds is 4. The zero-order chi connectivity index (χ0) is 16.4. The van der Waals surface area contributed by atoms with E-state index in [2.05, 4.69) is 66.1 Å². The van der Waals surface area contributed by atoms with Gasteiger partial charge >= 0.3 is 0 Å². The summed E-state index contributed by atoms with van der Waals surface area (Å²) in [4.78, 5) is 0. The third-order valence-electron chi connectivity index (χ3n) is 4.64. The Balaban J connectivity index is 1.44. The molecule has 0 aromatic heterocycles. The minimum absolute atomic E-state index is 0.136. The van der Waals surface area contributed by atoms with E-state index in [1.165, 1.54) is 16.3 Å². The van der Waals surface area contributed by atoms with Gasteiger partial charge < -0.3 is 15.4 Å². The van der Waals surface area contributed by atoms with Gasteiger partial charge in [0.2, 0.25) is 0 Å². The van der Waals surface area contributed by atoms with Gasteiger partial charge in [0.15, 0.2) is 0 Å². The highest BCUT2D eigenvalue weighted by molar-refractivity contribution is 5.86. The summed E-state index contributed by atoms with van der Waals surface area (Å²) in [7, 11) is 0. The molecule has 2 atom stereocenters. The van der Waals surface area contributed by atoms with Crippen molar-refractivity contribution < 1.29 is 4.74 Å². The van der Waals surface area contributed by atoms with Gasteiger partial charge in [0, 0.05) is 12.6 Å². The lowest BCUT2D eigenvalue weighted by atomic mass is 9.99. The third kappa shape index (κ3) is 2.95. The average molecular weight is 318 g/mol. The van der Waals surface area contributed by atoms with E-state index in [1.54, 1.807) is 0 Å². The van der Waals surface area contributed by atoms with Gasteiger partial charge in [-0.2, -0.15) is 0 Å². The minimum Gasteiger partial charge on any atom is -0.485 e. The molecule has 3 aromatic rings. The van der Waals surface area contributed by atoms with Gasteiger partial charge in [-0.3, -0.25) is 0 Å². The van der Waals surface area contributed by atoms with E-state index in [1.807, 2.05) is 18.2 Å². The van der Waals surface area contributed by atoms with E-state index in [4.69, 9.17) is 4.74 Å². The second-order valence-electron chi connectivity index (χ2n) is 6.32. The summed E-state index contributed by atoms with van der Waals surface area (Å²) in [6.07, 6.45) is 0.136. The van der Waals surface area contributed by atoms with Crippen LogP contribution in [0.3, 0.4) is 0 Å². The molecular formula is C21H22N2O. The number of benzene rings is 3. The Morgan fingerprint density at radius 3 is 2.79 bits per heavy atom. The van der Waals surface area contributed by atoms with E-state index in [0.717, 1.165) is 24.5 Å². The van der Waals surface area contributed by atoms with Crippen molar-refractivity contribution in [1.82, 2.24) is 5.32 Å². The van der Waals surface area contributed by atoms with E-state index in [-0.39, 0.29) is 12.1 Å². The van der Waals surface area contributed by atoms with Crippen molar-refractivity contribution in [1.29, 1.82) is 0 Å². The Bertz CT molecular complexity index is 841. The fourth-order valence-corrected chi connectivity index (χ4v) is 3.32. The summed E-state index contributed by atoms with van der Waals surface area (Å²) >= 11 is 0. The first kappa shape index (κ1) is 15.0. The Morgan fingerprint density at radius 1 is 1.04 bits per heavy atom. The quantitative estimate of drug-likeness (QED) is 0.750. The van der Waals surface area contributed by atoms with Crippen molar-refractivity contribution in [2.45, 2.75) is 19.1 Å². The molecule has 24 heavy (non-hydrogen) atoms. The number of para-hydroxylation sites is 2. The first-order chi connectivity index (χ1) is 11.8. The molecule has 0 aliphatic carbocycles. The fraction of sp³-hybridized carbons (Fsp3) is 0.238. The normalized spacial score (nSPS) is 17.6. The number of hydrogen-bond acceptors (Lipinski definition) is 3. The van der Waals surface area contributed by atoms with E-state index >= 15 is 0 Å². The maximum absolute atomic E-state index is 6.08. The minimum atomic E-state index is 0.136. The fourth-order valence-electron chi connectivity index (χ4n) is 3.32. The van der Waals surface area contributed by atoms with Crippen LogP contribution in [0.1, 0.15) is 18.5 Å². The molecule has 2 N–H and O–H groups in total.